The fourth-order valence-corrected chi connectivity index (χ4v) is 4.10. The van der Waals surface area contributed by atoms with Gasteiger partial charge in [0.05, 0.1) is 11.3 Å². The second kappa shape index (κ2) is 8.23. The van der Waals surface area contributed by atoms with Crippen LogP contribution >= 0.6 is 43.6 Å². The van der Waals surface area contributed by atoms with Gasteiger partial charge < -0.3 is 5.32 Å². The summed E-state index contributed by atoms with van der Waals surface area (Å²) in [6, 6.07) is 9.96. The molecule has 0 spiro atoms. The van der Waals surface area contributed by atoms with E-state index in [4.69, 9.17) is 0 Å². The number of thioether (sulfide) groups is 1. The Labute approximate surface area is 130 Å². The van der Waals surface area contributed by atoms with Gasteiger partial charge in [0.1, 0.15) is 0 Å². The van der Waals surface area contributed by atoms with Crippen molar-refractivity contribution in [2.24, 2.45) is 0 Å². The largest absolute Gasteiger partial charge is 0.348 e. The number of halogens is 2. The summed E-state index contributed by atoms with van der Waals surface area (Å²) in [5, 5.41) is 4.60. The van der Waals surface area contributed by atoms with E-state index in [1.807, 2.05) is 30.3 Å². The predicted octanol–water partition coefficient (Wildman–Crippen LogP) is 3.83. The van der Waals surface area contributed by atoms with Gasteiger partial charge in [-0.25, -0.2) is 0 Å². The second-order valence-electron chi connectivity index (χ2n) is 4.05. The van der Waals surface area contributed by atoms with Gasteiger partial charge in [-0.15, -0.1) is 11.8 Å². The zero-order chi connectivity index (χ0) is 13.4. The topological polar surface area (TPSA) is 29.1 Å². The van der Waals surface area contributed by atoms with E-state index < -0.39 is 0 Å². The molecule has 100 valence electrons. The van der Waals surface area contributed by atoms with Gasteiger partial charge in [0.15, 0.2) is 0 Å². The number of rotatable bonds is 7. The first-order valence-corrected chi connectivity index (χ1v) is 8.99. The Morgan fingerprint density at radius 2 is 1.89 bits per heavy atom. The first-order valence-electron chi connectivity index (χ1n) is 5.76. The van der Waals surface area contributed by atoms with E-state index >= 15 is 0 Å². The third kappa shape index (κ3) is 4.94. The van der Waals surface area contributed by atoms with E-state index in [9.17, 15) is 4.79 Å². The van der Waals surface area contributed by atoms with Gasteiger partial charge in [-0.1, -0.05) is 57.0 Å². The number of carbonyl (C=O) groups is 1. The molecule has 1 aromatic carbocycles. The maximum Gasteiger partial charge on any atom is 0.230 e. The van der Waals surface area contributed by atoms with Crippen LogP contribution in [-0.2, 0) is 4.79 Å². The predicted molar refractivity (Wildman–Crippen MR) is 85.9 cm³/mol. The van der Waals surface area contributed by atoms with Gasteiger partial charge in [-0.2, -0.15) is 0 Å². The average Bonchev–Trinajstić information content (AvgIpc) is 2.44. The Morgan fingerprint density at radius 3 is 2.39 bits per heavy atom. The van der Waals surface area contributed by atoms with Crippen LogP contribution in [0.25, 0.3) is 0 Å². The van der Waals surface area contributed by atoms with E-state index in [2.05, 4.69) is 44.1 Å². The summed E-state index contributed by atoms with van der Waals surface area (Å²) in [4.78, 5) is 13.1. The lowest BCUT2D eigenvalue weighted by Gasteiger charge is -2.29. The first-order chi connectivity index (χ1) is 8.65. The summed E-state index contributed by atoms with van der Waals surface area (Å²) in [6.07, 6.45) is 0.894. The van der Waals surface area contributed by atoms with Crippen molar-refractivity contribution in [3.05, 3.63) is 30.3 Å². The molecule has 18 heavy (non-hydrogen) atoms. The van der Waals surface area contributed by atoms with Gasteiger partial charge in [-0.05, 0) is 18.6 Å². The van der Waals surface area contributed by atoms with Crippen molar-refractivity contribution < 1.29 is 4.79 Å². The molecule has 0 unspecified atom stereocenters. The van der Waals surface area contributed by atoms with Crippen molar-refractivity contribution in [2.45, 2.75) is 23.8 Å². The van der Waals surface area contributed by atoms with Crippen LogP contribution in [0.4, 0.5) is 0 Å². The van der Waals surface area contributed by atoms with Crippen LogP contribution in [0.15, 0.2) is 35.2 Å². The van der Waals surface area contributed by atoms with Gasteiger partial charge in [0.25, 0.3) is 0 Å². The van der Waals surface area contributed by atoms with Crippen molar-refractivity contribution in [3.63, 3.8) is 0 Å². The minimum atomic E-state index is -0.186. The van der Waals surface area contributed by atoms with Gasteiger partial charge in [0.2, 0.25) is 5.91 Å². The Bertz CT molecular complexity index is 360. The van der Waals surface area contributed by atoms with E-state index in [1.165, 1.54) is 0 Å². The second-order valence-corrected chi connectivity index (χ2v) is 6.22. The third-order valence-corrected chi connectivity index (χ3v) is 5.86. The zero-order valence-corrected chi connectivity index (χ0v) is 14.3. The summed E-state index contributed by atoms with van der Waals surface area (Å²) in [5.74, 6) is 0.524. The van der Waals surface area contributed by atoms with Crippen LogP contribution in [-0.4, -0.2) is 27.9 Å². The number of carbonyl (C=O) groups excluding carboxylic acids is 1. The molecule has 0 radical (unpaired) electrons. The molecule has 0 atom stereocenters. The molecule has 0 saturated heterocycles. The summed E-state index contributed by atoms with van der Waals surface area (Å²) in [7, 11) is 0. The number of alkyl halides is 2. The van der Waals surface area contributed by atoms with Gasteiger partial charge in [-0.3, -0.25) is 4.79 Å². The highest BCUT2D eigenvalue weighted by Gasteiger charge is 2.27. The first kappa shape index (κ1) is 16.1. The molecule has 0 aliphatic heterocycles. The summed E-state index contributed by atoms with van der Waals surface area (Å²) in [5.41, 5.74) is -0.186. The highest BCUT2D eigenvalue weighted by molar-refractivity contribution is 9.09. The lowest BCUT2D eigenvalue weighted by molar-refractivity contribution is -0.120. The Hall–Kier alpha value is 0. The van der Waals surface area contributed by atoms with Gasteiger partial charge in [0, 0.05) is 15.6 Å². The molecule has 0 aliphatic carbocycles. The molecule has 0 heterocycles. The zero-order valence-electron chi connectivity index (χ0n) is 10.3. The molecule has 1 rings (SSSR count). The molecule has 1 aromatic rings. The van der Waals surface area contributed by atoms with E-state index in [0.29, 0.717) is 5.75 Å². The molecule has 1 N–H and O–H groups in total. The Morgan fingerprint density at radius 1 is 1.28 bits per heavy atom. The molecule has 2 nitrogen and oxygen atoms in total. The molecule has 0 fully saturated rings. The summed E-state index contributed by atoms with van der Waals surface area (Å²) in [6.45, 7) is 2.08. The maximum absolute atomic E-state index is 11.9. The minimum Gasteiger partial charge on any atom is -0.348 e. The highest BCUT2D eigenvalue weighted by atomic mass is 79.9. The molecule has 0 aromatic heterocycles. The number of hydrogen-bond acceptors (Lipinski definition) is 2. The quantitative estimate of drug-likeness (QED) is 0.562. The smallest absolute Gasteiger partial charge is 0.230 e. The Balaban J connectivity index is 2.46. The van der Waals surface area contributed by atoms with Crippen LogP contribution in [0.5, 0.6) is 0 Å². The standard InChI is InChI=1S/C13H17Br2NOS/c1-2-13(9-14,10-15)16-12(17)8-18-11-6-4-3-5-7-11/h3-7H,2,8-10H2,1H3,(H,16,17). The van der Waals surface area contributed by atoms with E-state index in [1.54, 1.807) is 11.8 Å². The normalized spacial score (nSPS) is 11.3. The molecule has 0 saturated carbocycles. The van der Waals surface area contributed by atoms with Crippen LogP contribution in [0.3, 0.4) is 0 Å². The molecule has 1 amide bonds. The SMILES string of the molecule is CCC(CBr)(CBr)NC(=O)CSc1ccccc1. The fraction of sp³-hybridized carbons (Fsp3) is 0.462. The monoisotopic (exact) mass is 393 g/mol. The van der Waals surface area contributed by atoms with Gasteiger partial charge >= 0.3 is 0 Å². The van der Waals surface area contributed by atoms with Crippen LogP contribution in [0.1, 0.15) is 13.3 Å². The Kier molecular flexibility index (Phi) is 7.34. The van der Waals surface area contributed by atoms with Crippen molar-refractivity contribution in [2.75, 3.05) is 16.4 Å². The lowest BCUT2D eigenvalue weighted by atomic mass is 10.0. The van der Waals surface area contributed by atoms with Crippen LogP contribution in [0.2, 0.25) is 0 Å². The van der Waals surface area contributed by atoms with Crippen molar-refractivity contribution in [1.29, 1.82) is 0 Å². The molecule has 0 aliphatic rings. The fourth-order valence-electron chi connectivity index (χ4n) is 1.38. The number of nitrogens with one attached hydrogen (secondary N) is 1. The summed E-state index contributed by atoms with van der Waals surface area (Å²) < 4.78 is 0. The highest BCUT2D eigenvalue weighted by Crippen LogP contribution is 2.19. The number of hydrogen-bond donors (Lipinski definition) is 1. The maximum atomic E-state index is 11.9. The molecular formula is C13H17Br2NOS. The molecular weight excluding hydrogens is 378 g/mol. The molecule has 5 heteroatoms. The third-order valence-electron chi connectivity index (χ3n) is 2.71. The molecule has 0 bridgehead atoms. The minimum absolute atomic E-state index is 0.0737. The van der Waals surface area contributed by atoms with Crippen LogP contribution < -0.4 is 5.32 Å². The number of amides is 1. The average molecular weight is 395 g/mol. The summed E-state index contributed by atoms with van der Waals surface area (Å²) >= 11 is 8.49. The van der Waals surface area contributed by atoms with Crippen molar-refractivity contribution >= 4 is 49.5 Å². The van der Waals surface area contributed by atoms with E-state index in [-0.39, 0.29) is 11.4 Å². The number of benzene rings is 1. The van der Waals surface area contributed by atoms with Crippen LogP contribution in [0, 0.1) is 0 Å². The van der Waals surface area contributed by atoms with E-state index in [0.717, 1.165) is 22.0 Å². The van der Waals surface area contributed by atoms with Crippen molar-refractivity contribution in [3.8, 4) is 0 Å². The lowest BCUT2D eigenvalue weighted by Crippen LogP contribution is -2.51. The van der Waals surface area contributed by atoms with Crippen molar-refractivity contribution in [1.82, 2.24) is 5.32 Å².